The van der Waals surface area contributed by atoms with E-state index in [0.29, 0.717) is 16.7 Å². The minimum absolute atomic E-state index is 0.0853. The standard InChI is InChI=1S/C26H20O5/c1-17-3-7-19(8-4-17)9-14-25(27)31-21-12-13-22-23(15-21)29-16-24(26(22)28)30-20-10-5-18(2)6-11-20/h3-16H,1-2H3/b14-9+. The van der Waals surface area contributed by atoms with E-state index in [1.54, 1.807) is 30.3 Å². The van der Waals surface area contributed by atoms with Gasteiger partial charge in [0, 0.05) is 12.1 Å². The van der Waals surface area contributed by atoms with Crippen molar-refractivity contribution in [1.29, 1.82) is 0 Å². The largest absolute Gasteiger partial charge is 0.460 e. The van der Waals surface area contributed by atoms with E-state index in [-0.39, 0.29) is 16.9 Å². The van der Waals surface area contributed by atoms with E-state index >= 15 is 0 Å². The number of hydrogen-bond donors (Lipinski definition) is 0. The van der Waals surface area contributed by atoms with Crippen LogP contribution in [0.5, 0.6) is 17.2 Å². The Morgan fingerprint density at radius 1 is 0.871 bits per heavy atom. The Balaban J connectivity index is 1.50. The highest BCUT2D eigenvalue weighted by molar-refractivity contribution is 5.89. The van der Waals surface area contributed by atoms with Gasteiger partial charge in [-0.2, -0.15) is 0 Å². The summed E-state index contributed by atoms with van der Waals surface area (Å²) in [5, 5.41) is 0.333. The maximum Gasteiger partial charge on any atom is 0.336 e. The van der Waals surface area contributed by atoms with Crippen LogP contribution in [0, 0.1) is 13.8 Å². The number of rotatable bonds is 5. The number of hydrogen-bond acceptors (Lipinski definition) is 5. The lowest BCUT2D eigenvalue weighted by Gasteiger charge is -2.07. The van der Waals surface area contributed by atoms with Crippen LogP contribution in [-0.2, 0) is 4.79 Å². The number of ether oxygens (including phenoxy) is 2. The molecule has 0 aliphatic carbocycles. The number of carbonyl (C=O) groups excluding carboxylic acids is 1. The van der Waals surface area contributed by atoms with Gasteiger partial charge in [-0.1, -0.05) is 47.5 Å². The molecule has 0 atom stereocenters. The fraction of sp³-hybridized carbons (Fsp3) is 0.0769. The molecule has 0 fully saturated rings. The van der Waals surface area contributed by atoms with Gasteiger partial charge in [-0.15, -0.1) is 0 Å². The van der Waals surface area contributed by atoms with Gasteiger partial charge >= 0.3 is 5.97 Å². The van der Waals surface area contributed by atoms with Gasteiger partial charge in [-0.3, -0.25) is 4.79 Å². The summed E-state index contributed by atoms with van der Waals surface area (Å²) in [5.41, 5.74) is 3.12. The molecule has 154 valence electrons. The van der Waals surface area contributed by atoms with Crippen LogP contribution >= 0.6 is 0 Å². The number of esters is 1. The summed E-state index contributed by atoms with van der Waals surface area (Å²) in [7, 11) is 0. The molecule has 0 saturated heterocycles. The predicted octanol–water partition coefficient (Wildman–Crippen LogP) is 5.82. The number of carbonyl (C=O) groups is 1. The maximum atomic E-state index is 12.7. The van der Waals surface area contributed by atoms with Crippen molar-refractivity contribution >= 4 is 23.0 Å². The van der Waals surface area contributed by atoms with E-state index < -0.39 is 5.97 Å². The quantitative estimate of drug-likeness (QED) is 0.235. The minimum atomic E-state index is -0.526. The maximum absolute atomic E-state index is 12.7. The van der Waals surface area contributed by atoms with Crippen molar-refractivity contribution in [1.82, 2.24) is 0 Å². The molecule has 0 aliphatic rings. The Labute approximate surface area is 179 Å². The smallest absolute Gasteiger partial charge is 0.336 e. The summed E-state index contributed by atoms with van der Waals surface area (Å²) in [5.74, 6) is 0.383. The van der Waals surface area contributed by atoms with Crippen molar-refractivity contribution in [3.63, 3.8) is 0 Å². The third-order valence-corrected chi connectivity index (χ3v) is 4.67. The van der Waals surface area contributed by atoms with Crippen LogP contribution in [0.15, 0.2) is 88.3 Å². The number of benzene rings is 3. The third kappa shape index (κ3) is 4.90. The van der Waals surface area contributed by atoms with Crippen LogP contribution < -0.4 is 14.9 Å². The van der Waals surface area contributed by atoms with Crippen LogP contribution in [0.4, 0.5) is 0 Å². The second kappa shape index (κ2) is 8.71. The van der Waals surface area contributed by atoms with Crippen LogP contribution in [0.2, 0.25) is 0 Å². The van der Waals surface area contributed by atoms with Gasteiger partial charge < -0.3 is 13.9 Å². The first-order valence-electron chi connectivity index (χ1n) is 9.74. The fourth-order valence-corrected chi connectivity index (χ4v) is 2.95. The van der Waals surface area contributed by atoms with Gasteiger partial charge in [0.05, 0.1) is 5.39 Å². The molecular weight excluding hydrogens is 392 g/mol. The lowest BCUT2D eigenvalue weighted by molar-refractivity contribution is -0.128. The van der Waals surface area contributed by atoms with E-state index in [2.05, 4.69) is 0 Å². The fourth-order valence-electron chi connectivity index (χ4n) is 2.95. The molecule has 3 aromatic carbocycles. The topological polar surface area (TPSA) is 65.7 Å². The van der Waals surface area contributed by atoms with Crippen LogP contribution in [0.1, 0.15) is 16.7 Å². The van der Waals surface area contributed by atoms with E-state index in [9.17, 15) is 9.59 Å². The summed E-state index contributed by atoms with van der Waals surface area (Å²) in [6.45, 7) is 3.97. The highest BCUT2D eigenvalue weighted by atomic mass is 16.5. The van der Waals surface area contributed by atoms with Crippen molar-refractivity contribution in [2.75, 3.05) is 0 Å². The zero-order valence-corrected chi connectivity index (χ0v) is 17.1. The monoisotopic (exact) mass is 412 g/mol. The molecular formula is C26H20O5. The normalized spacial score (nSPS) is 11.0. The van der Waals surface area contributed by atoms with Gasteiger partial charge in [0.15, 0.2) is 0 Å². The molecule has 0 saturated carbocycles. The van der Waals surface area contributed by atoms with E-state index in [4.69, 9.17) is 13.9 Å². The minimum Gasteiger partial charge on any atom is -0.460 e. The number of fused-ring (bicyclic) bond motifs is 1. The molecule has 0 bridgehead atoms. The molecule has 0 aliphatic heterocycles. The molecule has 0 amide bonds. The lowest BCUT2D eigenvalue weighted by atomic mass is 10.1. The van der Waals surface area contributed by atoms with E-state index in [1.807, 2.05) is 50.2 Å². The van der Waals surface area contributed by atoms with Crippen molar-refractivity contribution in [2.24, 2.45) is 0 Å². The van der Waals surface area contributed by atoms with Crippen molar-refractivity contribution in [3.8, 4) is 17.2 Å². The summed E-state index contributed by atoms with van der Waals surface area (Å²) >= 11 is 0. The second-order valence-electron chi connectivity index (χ2n) is 7.17. The molecule has 5 nitrogen and oxygen atoms in total. The zero-order chi connectivity index (χ0) is 21.8. The number of aryl methyl sites for hydroxylation is 2. The SMILES string of the molecule is Cc1ccc(/C=C/C(=O)Oc2ccc3c(=O)c(Oc4ccc(C)cc4)coc3c2)cc1. The predicted molar refractivity (Wildman–Crippen MR) is 120 cm³/mol. The van der Waals surface area contributed by atoms with Gasteiger partial charge in [0.1, 0.15) is 23.3 Å². The van der Waals surface area contributed by atoms with Gasteiger partial charge in [-0.25, -0.2) is 4.79 Å². The highest BCUT2D eigenvalue weighted by Crippen LogP contribution is 2.24. The summed E-state index contributed by atoms with van der Waals surface area (Å²) in [4.78, 5) is 24.8. The van der Waals surface area contributed by atoms with Crippen molar-refractivity contribution in [2.45, 2.75) is 13.8 Å². The Kier molecular flexibility index (Phi) is 5.67. The summed E-state index contributed by atoms with van der Waals surface area (Å²) < 4.78 is 16.5. The molecule has 0 spiro atoms. The van der Waals surface area contributed by atoms with Gasteiger partial charge in [-0.05, 0) is 49.8 Å². The molecule has 0 N–H and O–H groups in total. The first-order chi connectivity index (χ1) is 15.0. The average molecular weight is 412 g/mol. The third-order valence-electron chi connectivity index (χ3n) is 4.67. The molecule has 5 heteroatoms. The van der Waals surface area contributed by atoms with Crippen molar-refractivity contribution in [3.05, 3.63) is 106 Å². The summed E-state index contributed by atoms with van der Waals surface area (Å²) in [6, 6.07) is 19.7. The Bertz CT molecular complexity index is 1310. The first-order valence-corrected chi connectivity index (χ1v) is 9.74. The Hall–Kier alpha value is -4.12. The van der Waals surface area contributed by atoms with E-state index in [1.165, 1.54) is 18.4 Å². The first kappa shape index (κ1) is 20.2. The molecule has 4 aromatic rings. The van der Waals surface area contributed by atoms with Gasteiger partial charge in [0.25, 0.3) is 0 Å². The van der Waals surface area contributed by atoms with Crippen molar-refractivity contribution < 1.29 is 18.7 Å². The molecule has 1 heterocycles. The molecule has 1 aromatic heterocycles. The Morgan fingerprint density at radius 3 is 2.23 bits per heavy atom. The van der Waals surface area contributed by atoms with E-state index in [0.717, 1.165) is 16.7 Å². The highest BCUT2D eigenvalue weighted by Gasteiger charge is 2.11. The molecule has 0 unspecified atom stereocenters. The second-order valence-corrected chi connectivity index (χ2v) is 7.17. The van der Waals surface area contributed by atoms with Gasteiger partial charge in [0.2, 0.25) is 11.2 Å². The van der Waals surface area contributed by atoms with Crippen LogP contribution in [0.25, 0.3) is 17.0 Å². The molecule has 0 radical (unpaired) electrons. The lowest BCUT2D eigenvalue weighted by Crippen LogP contribution is -2.06. The Morgan fingerprint density at radius 2 is 1.52 bits per heavy atom. The molecule has 4 rings (SSSR count). The van der Waals surface area contributed by atoms with Crippen LogP contribution in [-0.4, -0.2) is 5.97 Å². The average Bonchev–Trinajstić information content (AvgIpc) is 2.77. The molecule has 31 heavy (non-hydrogen) atoms. The summed E-state index contributed by atoms with van der Waals surface area (Å²) in [6.07, 6.45) is 4.29. The zero-order valence-electron chi connectivity index (χ0n) is 17.1. The van der Waals surface area contributed by atoms with Crippen LogP contribution in [0.3, 0.4) is 0 Å².